The molecule has 0 saturated heterocycles. The van der Waals surface area contributed by atoms with Crippen molar-refractivity contribution >= 4 is 28.9 Å². The highest BCUT2D eigenvalue weighted by molar-refractivity contribution is 6.41. The SMILES string of the molecule is [2H]C([2H])([2H])Oc1ccc(N[C@H]2CC[C@H](n3ncc(Cl)c(Cl)c3=O)CC2)cc1. The Kier molecular flexibility index (Phi) is 4.21. The summed E-state index contributed by atoms with van der Waals surface area (Å²) in [5, 5.41) is 7.72. The highest BCUT2D eigenvalue weighted by Crippen LogP contribution is 2.30. The Morgan fingerprint density at radius 3 is 2.62 bits per heavy atom. The Labute approximate surface area is 154 Å². The molecule has 1 heterocycles. The number of hydrogen-bond acceptors (Lipinski definition) is 4. The van der Waals surface area contributed by atoms with E-state index in [4.69, 9.17) is 32.1 Å². The fourth-order valence-corrected chi connectivity index (χ4v) is 3.26. The van der Waals surface area contributed by atoms with Crippen molar-refractivity contribution in [1.29, 1.82) is 0 Å². The fraction of sp³-hybridized carbons (Fsp3) is 0.412. The van der Waals surface area contributed by atoms with Gasteiger partial charge >= 0.3 is 0 Å². The summed E-state index contributed by atoms with van der Waals surface area (Å²) in [6, 6.07) is 7.09. The molecule has 1 aromatic heterocycles. The van der Waals surface area contributed by atoms with Gasteiger partial charge in [0.2, 0.25) is 0 Å². The number of nitrogens with one attached hydrogen (secondary N) is 1. The van der Waals surface area contributed by atoms with Gasteiger partial charge in [-0.15, -0.1) is 0 Å². The van der Waals surface area contributed by atoms with E-state index in [-0.39, 0.29) is 27.7 Å². The topological polar surface area (TPSA) is 56.1 Å². The molecule has 1 aromatic carbocycles. The molecule has 0 bridgehead atoms. The monoisotopic (exact) mass is 370 g/mol. The van der Waals surface area contributed by atoms with Gasteiger partial charge < -0.3 is 10.1 Å². The van der Waals surface area contributed by atoms with Gasteiger partial charge in [0.25, 0.3) is 5.56 Å². The maximum absolute atomic E-state index is 12.2. The molecule has 1 fully saturated rings. The van der Waals surface area contributed by atoms with Crippen molar-refractivity contribution in [2.24, 2.45) is 0 Å². The Balaban J connectivity index is 1.57. The summed E-state index contributed by atoms with van der Waals surface area (Å²) < 4.78 is 27.6. The molecule has 2 aromatic rings. The van der Waals surface area contributed by atoms with E-state index in [2.05, 4.69) is 10.4 Å². The lowest BCUT2D eigenvalue weighted by atomic mass is 9.91. The van der Waals surface area contributed by atoms with E-state index < -0.39 is 7.04 Å². The van der Waals surface area contributed by atoms with Crippen molar-refractivity contribution < 1.29 is 8.85 Å². The predicted molar refractivity (Wildman–Crippen MR) is 96.4 cm³/mol. The third kappa shape index (κ3) is 3.68. The lowest BCUT2D eigenvalue weighted by molar-refractivity contribution is 0.304. The second-order valence-electron chi connectivity index (χ2n) is 5.83. The van der Waals surface area contributed by atoms with Gasteiger partial charge in [-0.2, -0.15) is 5.10 Å². The Bertz CT molecular complexity index is 848. The number of nitrogens with zero attached hydrogens (tertiary/aromatic N) is 2. The molecular weight excluding hydrogens is 349 g/mol. The third-order valence-electron chi connectivity index (χ3n) is 4.29. The Hall–Kier alpha value is -1.72. The zero-order valence-electron chi connectivity index (χ0n) is 15.8. The van der Waals surface area contributed by atoms with Crippen LogP contribution in [0.25, 0.3) is 0 Å². The van der Waals surface area contributed by atoms with Gasteiger partial charge in [0.05, 0.1) is 28.4 Å². The van der Waals surface area contributed by atoms with E-state index in [1.54, 1.807) is 24.3 Å². The summed E-state index contributed by atoms with van der Waals surface area (Å²) in [5.41, 5.74) is 0.534. The fourth-order valence-electron chi connectivity index (χ4n) is 3.00. The minimum Gasteiger partial charge on any atom is -0.497 e. The van der Waals surface area contributed by atoms with Crippen LogP contribution in [0.1, 0.15) is 35.8 Å². The van der Waals surface area contributed by atoms with Gasteiger partial charge in [0, 0.05) is 11.7 Å². The first kappa shape index (κ1) is 13.6. The first-order chi connectivity index (χ1) is 12.7. The van der Waals surface area contributed by atoms with Crippen LogP contribution in [0.3, 0.4) is 0 Å². The summed E-state index contributed by atoms with van der Waals surface area (Å²) >= 11 is 11.8. The molecule has 128 valence electrons. The van der Waals surface area contributed by atoms with E-state index in [1.807, 2.05) is 0 Å². The van der Waals surface area contributed by atoms with E-state index in [0.29, 0.717) is 5.75 Å². The van der Waals surface area contributed by atoms with Crippen LogP contribution in [0.15, 0.2) is 35.3 Å². The standard InChI is InChI=1S/C17H19Cl2N3O2/c1-24-14-8-4-12(5-9-14)21-11-2-6-13(7-3-11)22-17(23)16(19)15(18)10-20-22/h4-5,8-11,13,21H,2-3,6-7H2,1H3/t11-,13-/i1D3. The second-order valence-corrected chi connectivity index (χ2v) is 6.62. The van der Waals surface area contributed by atoms with E-state index in [0.717, 1.165) is 31.4 Å². The molecule has 0 atom stereocenters. The molecule has 0 amide bonds. The number of anilines is 1. The number of benzene rings is 1. The smallest absolute Gasteiger partial charge is 0.287 e. The van der Waals surface area contributed by atoms with E-state index in [1.165, 1.54) is 10.9 Å². The minimum absolute atomic E-state index is 0.000350. The van der Waals surface area contributed by atoms with E-state index >= 15 is 0 Å². The van der Waals surface area contributed by atoms with Crippen LogP contribution in [0.4, 0.5) is 5.69 Å². The van der Waals surface area contributed by atoms with Crippen molar-refractivity contribution in [2.75, 3.05) is 12.4 Å². The van der Waals surface area contributed by atoms with Crippen molar-refractivity contribution in [2.45, 2.75) is 37.8 Å². The molecule has 24 heavy (non-hydrogen) atoms. The van der Waals surface area contributed by atoms with Crippen LogP contribution in [0.5, 0.6) is 5.75 Å². The molecule has 1 aliphatic rings. The highest BCUT2D eigenvalue weighted by Gasteiger charge is 2.24. The van der Waals surface area contributed by atoms with Crippen molar-refractivity contribution in [3.8, 4) is 5.75 Å². The number of methoxy groups -OCH3 is 1. The van der Waals surface area contributed by atoms with Crippen LogP contribution in [-0.4, -0.2) is 22.9 Å². The second kappa shape index (κ2) is 7.45. The molecule has 7 heteroatoms. The number of ether oxygens (including phenoxy) is 1. The third-order valence-corrected chi connectivity index (χ3v) is 5.04. The maximum Gasteiger partial charge on any atom is 0.287 e. The first-order valence-electron chi connectivity index (χ1n) is 9.21. The van der Waals surface area contributed by atoms with Crippen LogP contribution < -0.4 is 15.6 Å². The van der Waals surface area contributed by atoms with Crippen LogP contribution in [-0.2, 0) is 0 Å². The lowest BCUT2D eigenvalue weighted by Gasteiger charge is -2.30. The Morgan fingerprint density at radius 1 is 1.25 bits per heavy atom. The average Bonchev–Trinajstić information content (AvgIpc) is 2.61. The molecule has 3 rings (SSSR count). The van der Waals surface area contributed by atoms with Gasteiger partial charge in [-0.1, -0.05) is 23.2 Å². The maximum atomic E-state index is 12.2. The molecule has 1 saturated carbocycles. The molecule has 0 unspecified atom stereocenters. The van der Waals surface area contributed by atoms with Gasteiger partial charge in [-0.05, 0) is 49.9 Å². The Morgan fingerprint density at radius 2 is 1.96 bits per heavy atom. The zero-order chi connectivity index (χ0) is 19.6. The van der Waals surface area contributed by atoms with Crippen LogP contribution in [0.2, 0.25) is 10.0 Å². The predicted octanol–water partition coefficient (Wildman–Crippen LogP) is 4.15. The molecular formula is C17H19Cl2N3O2. The highest BCUT2D eigenvalue weighted by atomic mass is 35.5. The van der Waals surface area contributed by atoms with Gasteiger partial charge in [0.1, 0.15) is 10.8 Å². The molecule has 0 aliphatic heterocycles. The van der Waals surface area contributed by atoms with Crippen LogP contribution in [0, 0.1) is 0 Å². The van der Waals surface area contributed by atoms with Gasteiger partial charge in [-0.3, -0.25) is 4.79 Å². The van der Waals surface area contributed by atoms with Crippen LogP contribution >= 0.6 is 23.2 Å². The lowest BCUT2D eigenvalue weighted by Crippen LogP contribution is -2.33. The first-order valence-corrected chi connectivity index (χ1v) is 8.47. The molecule has 0 radical (unpaired) electrons. The summed E-state index contributed by atoms with van der Waals surface area (Å²) in [6.07, 6.45) is 4.73. The summed E-state index contributed by atoms with van der Waals surface area (Å²) in [4.78, 5) is 12.2. The zero-order valence-corrected chi connectivity index (χ0v) is 14.3. The normalized spacial score (nSPS) is 23.0. The number of rotatable bonds is 4. The molecule has 1 N–H and O–H groups in total. The van der Waals surface area contributed by atoms with Crippen molar-refractivity contribution in [1.82, 2.24) is 9.78 Å². The van der Waals surface area contributed by atoms with Crippen molar-refractivity contribution in [3.63, 3.8) is 0 Å². The summed E-state index contributed by atoms with van der Waals surface area (Å²) in [5.74, 6) is 0.300. The van der Waals surface area contributed by atoms with Crippen molar-refractivity contribution in [3.05, 3.63) is 50.9 Å². The van der Waals surface area contributed by atoms with E-state index in [9.17, 15) is 4.79 Å². The molecule has 0 spiro atoms. The number of halogens is 2. The van der Waals surface area contributed by atoms with Gasteiger partial charge in [-0.25, -0.2) is 4.68 Å². The van der Waals surface area contributed by atoms with Gasteiger partial charge in [0.15, 0.2) is 0 Å². The number of hydrogen-bond donors (Lipinski definition) is 1. The summed E-state index contributed by atoms with van der Waals surface area (Å²) in [7, 11) is -2.45. The number of aromatic nitrogens is 2. The minimum atomic E-state index is -2.45. The average molecular weight is 371 g/mol. The largest absolute Gasteiger partial charge is 0.497 e. The molecule has 5 nitrogen and oxygen atoms in total. The molecule has 1 aliphatic carbocycles. The quantitative estimate of drug-likeness (QED) is 0.877. The summed E-state index contributed by atoms with van der Waals surface area (Å²) in [6.45, 7) is 0.